The molecule has 0 fully saturated rings. The van der Waals surface area contributed by atoms with E-state index in [4.69, 9.17) is 5.73 Å². The van der Waals surface area contributed by atoms with Gasteiger partial charge in [0.1, 0.15) is 5.65 Å². The van der Waals surface area contributed by atoms with Crippen LogP contribution in [-0.2, 0) is 6.54 Å². The van der Waals surface area contributed by atoms with Crippen molar-refractivity contribution in [3.63, 3.8) is 0 Å². The minimum atomic E-state index is -0.130. The van der Waals surface area contributed by atoms with Crippen LogP contribution in [0.5, 0.6) is 0 Å². The lowest BCUT2D eigenvalue weighted by Gasteiger charge is -2.10. The highest BCUT2D eigenvalue weighted by molar-refractivity contribution is 6.05. The molecule has 4 N–H and O–H groups in total. The summed E-state index contributed by atoms with van der Waals surface area (Å²) >= 11 is 0. The highest BCUT2D eigenvalue weighted by Gasteiger charge is 2.07. The Balaban J connectivity index is 1.76. The number of nitrogens with two attached hydrogens (primary N) is 1. The van der Waals surface area contributed by atoms with Crippen LogP contribution >= 0.6 is 0 Å². The lowest BCUT2D eigenvalue weighted by Crippen LogP contribution is -2.08. The summed E-state index contributed by atoms with van der Waals surface area (Å²) in [5, 5.41) is 5.83. The third kappa shape index (κ3) is 2.46. The Bertz CT molecular complexity index is 1100. The molecule has 0 aliphatic carbocycles. The average molecular weight is 316 g/mol. The number of hydrogen-bond donors (Lipinski definition) is 3. The van der Waals surface area contributed by atoms with Gasteiger partial charge >= 0.3 is 0 Å². The van der Waals surface area contributed by atoms with E-state index in [1.54, 1.807) is 6.20 Å². The normalized spacial score (nSPS) is 11.0. The zero-order valence-electron chi connectivity index (χ0n) is 12.9. The molecule has 0 amide bonds. The Morgan fingerprint density at radius 2 is 1.88 bits per heavy atom. The summed E-state index contributed by atoms with van der Waals surface area (Å²) in [7, 11) is 0. The zero-order valence-corrected chi connectivity index (χ0v) is 12.9. The molecule has 5 nitrogen and oxygen atoms in total. The van der Waals surface area contributed by atoms with Crippen molar-refractivity contribution in [3.05, 3.63) is 76.7 Å². The van der Waals surface area contributed by atoms with Gasteiger partial charge in [0.15, 0.2) is 0 Å². The number of benzene rings is 2. The fraction of sp³-hybridized carbons (Fsp3) is 0.0526. The van der Waals surface area contributed by atoms with E-state index in [0.29, 0.717) is 17.6 Å². The maximum Gasteiger partial charge on any atom is 0.257 e. The third-order valence-electron chi connectivity index (χ3n) is 4.13. The van der Waals surface area contributed by atoms with E-state index in [2.05, 4.69) is 15.3 Å². The molecule has 0 aliphatic rings. The van der Waals surface area contributed by atoms with Gasteiger partial charge in [0, 0.05) is 40.3 Å². The number of anilines is 2. The Kier molecular flexibility index (Phi) is 3.39. The lowest BCUT2D eigenvalue weighted by atomic mass is 10.1. The van der Waals surface area contributed by atoms with E-state index >= 15 is 0 Å². The standard InChI is InChI=1S/C19H16N4O/c20-17-6-2-1-4-12(17)11-22-13-7-8-15-16(10-13)14-5-3-9-21-18(14)23-19(15)24/h1-10,22H,11,20H2,(H,21,23,24). The fourth-order valence-electron chi connectivity index (χ4n) is 2.86. The first-order valence-corrected chi connectivity index (χ1v) is 7.70. The first-order valence-electron chi connectivity index (χ1n) is 7.70. The number of aromatic nitrogens is 2. The molecule has 0 bridgehead atoms. The molecule has 24 heavy (non-hydrogen) atoms. The molecule has 0 saturated carbocycles. The number of nitrogen functional groups attached to an aromatic ring is 1. The van der Waals surface area contributed by atoms with Crippen LogP contribution in [0, 0.1) is 0 Å². The minimum absolute atomic E-state index is 0.130. The van der Waals surface area contributed by atoms with Crippen LogP contribution in [0.4, 0.5) is 11.4 Å². The van der Waals surface area contributed by atoms with Crippen LogP contribution in [0.1, 0.15) is 5.56 Å². The SMILES string of the molecule is Nc1ccccc1CNc1ccc2c(=O)[nH]c3ncccc3c2c1. The van der Waals surface area contributed by atoms with Crippen LogP contribution in [0.3, 0.4) is 0 Å². The van der Waals surface area contributed by atoms with Crippen LogP contribution < -0.4 is 16.6 Å². The van der Waals surface area contributed by atoms with Crippen LogP contribution in [0.15, 0.2) is 65.6 Å². The summed E-state index contributed by atoms with van der Waals surface area (Å²) in [5.41, 5.74) is 9.17. The molecule has 2 heterocycles. The van der Waals surface area contributed by atoms with Crippen molar-refractivity contribution in [2.75, 3.05) is 11.1 Å². The van der Waals surface area contributed by atoms with Crippen LogP contribution in [0.2, 0.25) is 0 Å². The van der Waals surface area contributed by atoms with Crippen molar-refractivity contribution < 1.29 is 0 Å². The van der Waals surface area contributed by atoms with Crippen molar-refractivity contribution >= 4 is 33.2 Å². The van der Waals surface area contributed by atoms with Gasteiger partial charge in [0.25, 0.3) is 5.56 Å². The van der Waals surface area contributed by atoms with E-state index in [9.17, 15) is 4.79 Å². The monoisotopic (exact) mass is 316 g/mol. The molecule has 0 spiro atoms. The van der Waals surface area contributed by atoms with Gasteiger partial charge in [-0.05, 0) is 42.0 Å². The van der Waals surface area contributed by atoms with Gasteiger partial charge in [0.2, 0.25) is 0 Å². The summed E-state index contributed by atoms with van der Waals surface area (Å²) < 4.78 is 0. The van der Waals surface area contributed by atoms with Crippen molar-refractivity contribution in [2.24, 2.45) is 0 Å². The average Bonchev–Trinajstić information content (AvgIpc) is 2.61. The Labute approximate surface area is 138 Å². The first kappa shape index (κ1) is 14.3. The van der Waals surface area contributed by atoms with Gasteiger partial charge in [-0.25, -0.2) is 4.98 Å². The molecule has 5 heteroatoms. The molecule has 2 aromatic heterocycles. The molecule has 2 aromatic carbocycles. The van der Waals surface area contributed by atoms with Gasteiger partial charge in [-0.3, -0.25) is 4.79 Å². The molecule has 0 unspecified atom stereocenters. The van der Waals surface area contributed by atoms with Gasteiger partial charge in [-0.15, -0.1) is 0 Å². The number of nitrogens with zero attached hydrogens (tertiary/aromatic N) is 1. The number of H-pyrrole nitrogens is 1. The summed E-state index contributed by atoms with van der Waals surface area (Å²) in [6, 6.07) is 17.3. The van der Waals surface area contributed by atoms with E-state index in [0.717, 1.165) is 27.7 Å². The second kappa shape index (κ2) is 5.70. The highest BCUT2D eigenvalue weighted by Crippen LogP contribution is 2.24. The topological polar surface area (TPSA) is 83.8 Å². The van der Waals surface area contributed by atoms with Gasteiger partial charge in [-0.1, -0.05) is 18.2 Å². The van der Waals surface area contributed by atoms with E-state index in [-0.39, 0.29) is 5.56 Å². The van der Waals surface area contributed by atoms with Crippen molar-refractivity contribution in [2.45, 2.75) is 6.54 Å². The number of nitrogens with one attached hydrogen (secondary N) is 2. The number of hydrogen-bond acceptors (Lipinski definition) is 4. The second-order valence-electron chi connectivity index (χ2n) is 5.67. The summed E-state index contributed by atoms with van der Waals surface area (Å²) in [4.78, 5) is 19.2. The van der Waals surface area contributed by atoms with Crippen LogP contribution in [0.25, 0.3) is 21.8 Å². The highest BCUT2D eigenvalue weighted by atomic mass is 16.1. The van der Waals surface area contributed by atoms with E-state index < -0.39 is 0 Å². The predicted octanol–water partition coefficient (Wildman–Crippen LogP) is 3.27. The van der Waals surface area contributed by atoms with Crippen molar-refractivity contribution in [1.29, 1.82) is 0 Å². The molecule has 0 aliphatic heterocycles. The molecular formula is C19H16N4O. The number of aromatic amines is 1. The summed E-state index contributed by atoms with van der Waals surface area (Å²) in [6.07, 6.45) is 1.67. The molecule has 0 saturated heterocycles. The molecular weight excluding hydrogens is 300 g/mol. The molecule has 0 atom stereocenters. The predicted molar refractivity (Wildman–Crippen MR) is 98.1 cm³/mol. The number of fused-ring (bicyclic) bond motifs is 3. The molecule has 118 valence electrons. The number of pyridine rings is 2. The maximum atomic E-state index is 12.2. The molecule has 0 radical (unpaired) electrons. The smallest absolute Gasteiger partial charge is 0.257 e. The molecule has 4 aromatic rings. The Hall–Kier alpha value is -3.34. The second-order valence-corrected chi connectivity index (χ2v) is 5.67. The van der Waals surface area contributed by atoms with Gasteiger partial charge < -0.3 is 16.0 Å². The minimum Gasteiger partial charge on any atom is -0.398 e. The van der Waals surface area contributed by atoms with Crippen molar-refractivity contribution in [1.82, 2.24) is 9.97 Å². The maximum absolute atomic E-state index is 12.2. The lowest BCUT2D eigenvalue weighted by molar-refractivity contribution is 1.15. The summed E-state index contributed by atoms with van der Waals surface area (Å²) in [5.74, 6) is 0. The molecule has 4 rings (SSSR count). The van der Waals surface area contributed by atoms with Crippen molar-refractivity contribution in [3.8, 4) is 0 Å². The van der Waals surface area contributed by atoms with E-state index in [1.165, 1.54) is 0 Å². The number of para-hydroxylation sites is 1. The quantitative estimate of drug-likeness (QED) is 0.400. The summed E-state index contributed by atoms with van der Waals surface area (Å²) in [6.45, 7) is 0.623. The largest absolute Gasteiger partial charge is 0.398 e. The van der Waals surface area contributed by atoms with Crippen LogP contribution in [-0.4, -0.2) is 9.97 Å². The van der Waals surface area contributed by atoms with Gasteiger partial charge in [-0.2, -0.15) is 0 Å². The Morgan fingerprint density at radius 1 is 1.00 bits per heavy atom. The zero-order chi connectivity index (χ0) is 16.5. The number of rotatable bonds is 3. The fourth-order valence-corrected chi connectivity index (χ4v) is 2.86. The Morgan fingerprint density at radius 3 is 2.75 bits per heavy atom. The first-order chi connectivity index (χ1) is 11.7. The van der Waals surface area contributed by atoms with Gasteiger partial charge in [0.05, 0.1) is 0 Å². The third-order valence-corrected chi connectivity index (χ3v) is 4.13. The van der Waals surface area contributed by atoms with E-state index in [1.807, 2.05) is 54.6 Å².